The van der Waals surface area contributed by atoms with E-state index in [1.807, 2.05) is 18.2 Å². The van der Waals surface area contributed by atoms with Crippen LogP contribution >= 0.6 is 27.5 Å². The molecule has 0 spiro atoms. The van der Waals surface area contributed by atoms with E-state index in [-0.39, 0.29) is 0 Å². The minimum Gasteiger partial charge on any atom is -0.448 e. The van der Waals surface area contributed by atoms with Crippen LogP contribution in [0.15, 0.2) is 33.4 Å². The first-order chi connectivity index (χ1) is 5.27. The lowest BCUT2D eigenvalue weighted by Crippen LogP contribution is -1.63. The first-order valence-corrected chi connectivity index (χ1v) is 4.28. The molecule has 0 amide bonds. The van der Waals surface area contributed by atoms with E-state index in [9.17, 15) is 0 Å². The molecule has 0 saturated carbocycles. The van der Waals surface area contributed by atoms with Crippen molar-refractivity contribution in [2.45, 2.75) is 0 Å². The molecule has 0 bridgehead atoms. The third-order valence-corrected chi connectivity index (χ3v) is 2.15. The van der Waals surface area contributed by atoms with E-state index >= 15 is 0 Å². The summed E-state index contributed by atoms with van der Waals surface area (Å²) in [5, 5.41) is 1.66. The van der Waals surface area contributed by atoms with Gasteiger partial charge in [0.15, 0.2) is 10.3 Å². The summed E-state index contributed by atoms with van der Waals surface area (Å²) in [5.74, 6) is 0. The lowest BCUT2D eigenvalue weighted by atomic mass is 10.3. The fourth-order valence-corrected chi connectivity index (χ4v) is 1.63. The molecule has 0 fully saturated rings. The lowest BCUT2D eigenvalue weighted by Gasteiger charge is -1.88. The van der Waals surface area contributed by atoms with E-state index in [2.05, 4.69) is 15.9 Å². The molecule has 1 heterocycles. The first-order valence-electron chi connectivity index (χ1n) is 3.11. The van der Waals surface area contributed by atoms with Gasteiger partial charge in [0.2, 0.25) is 0 Å². The molecule has 0 saturated heterocycles. The monoisotopic (exact) mass is 230 g/mol. The van der Waals surface area contributed by atoms with Crippen molar-refractivity contribution < 1.29 is 4.42 Å². The Labute approximate surface area is 77.1 Å². The highest BCUT2D eigenvalue weighted by Crippen LogP contribution is 2.28. The van der Waals surface area contributed by atoms with E-state index in [0.29, 0.717) is 9.69 Å². The second kappa shape index (κ2) is 2.54. The van der Waals surface area contributed by atoms with Crippen LogP contribution in [-0.4, -0.2) is 0 Å². The Bertz CT molecular complexity index is 394. The summed E-state index contributed by atoms with van der Waals surface area (Å²) >= 11 is 9.09. The van der Waals surface area contributed by atoms with Gasteiger partial charge in [-0.2, -0.15) is 0 Å². The molecule has 1 aromatic carbocycles. The van der Waals surface area contributed by atoms with Gasteiger partial charge in [0.1, 0.15) is 0 Å². The summed E-state index contributed by atoms with van der Waals surface area (Å²) in [6.07, 6.45) is 0. The van der Waals surface area contributed by atoms with Gasteiger partial charge in [0.05, 0.1) is 5.02 Å². The number of rotatable bonds is 0. The average Bonchev–Trinajstić information content (AvgIpc) is 2.31. The Morgan fingerprint density at radius 1 is 1.36 bits per heavy atom. The van der Waals surface area contributed by atoms with Crippen LogP contribution in [0.5, 0.6) is 0 Å². The third-order valence-electron chi connectivity index (χ3n) is 1.47. The van der Waals surface area contributed by atoms with Gasteiger partial charge in [-0.1, -0.05) is 23.7 Å². The summed E-state index contributed by atoms with van der Waals surface area (Å²) in [6.45, 7) is 0. The second-order valence-corrected chi connectivity index (χ2v) is 3.40. The second-order valence-electron chi connectivity index (χ2n) is 2.21. The quantitative estimate of drug-likeness (QED) is 0.671. The summed E-state index contributed by atoms with van der Waals surface area (Å²) in [6, 6.07) is 7.54. The van der Waals surface area contributed by atoms with E-state index < -0.39 is 0 Å². The molecule has 0 aliphatic rings. The van der Waals surface area contributed by atoms with E-state index in [4.69, 9.17) is 16.0 Å². The molecule has 1 aromatic heterocycles. The van der Waals surface area contributed by atoms with E-state index in [0.717, 1.165) is 11.0 Å². The lowest BCUT2D eigenvalue weighted by molar-refractivity contribution is 0.587. The Balaban J connectivity index is 2.90. The largest absolute Gasteiger partial charge is 0.448 e. The molecule has 2 aromatic rings. The average molecular weight is 231 g/mol. The van der Waals surface area contributed by atoms with Crippen molar-refractivity contribution in [3.63, 3.8) is 0 Å². The highest BCUT2D eigenvalue weighted by molar-refractivity contribution is 9.10. The van der Waals surface area contributed by atoms with Crippen molar-refractivity contribution in [1.29, 1.82) is 0 Å². The van der Waals surface area contributed by atoms with Gasteiger partial charge in [-0.15, -0.1) is 0 Å². The maximum absolute atomic E-state index is 5.86. The van der Waals surface area contributed by atoms with Crippen LogP contribution < -0.4 is 0 Å². The number of fused-ring (bicyclic) bond motifs is 1. The number of halogens is 2. The summed E-state index contributed by atoms with van der Waals surface area (Å²) in [7, 11) is 0. The fourth-order valence-electron chi connectivity index (χ4n) is 0.996. The Hall–Kier alpha value is -0.470. The molecule has 0 aliphatic carbocycles. The van der Waals surface area contributed by atoms with Crippen LogP contribution in [0.25, 0.3) is 11.0 Å². The molecule has 0 N–H and O–H groups in total. The van der Waals surface area contributed by atoms with Crippen LogP contribution in [0.3, 0.4) is 0 Å². The van der Waals surface area contributed by atoms with Gasteiger partial charge in [-0.3, -0.25) is 0 Å². The Kier molecular flexibility index (Phi) is 1.66. The molecule has 2 rings (SSSR count). The highest BCUT2D eigenvalue weighted by Gasteiger charge is 2.03. The number of para-hydroxylation sites is 1. The normalized spacial score (nSPS) is 10.7. The molecular formula is C8H4BrClO. The zero-order valence-corrected chi connectivity index (χ0v) is 7.82. The van der Waals surface area contributed by atoms with Crippen LogP contribution in [0.1, 0.15) is 0 Å². The number of hydrogen-bond donors (Lipinski definition) is 0. The SMILES string of the molecule is Clc1cccc2cc(Br)oc12. The molecule has 3 heteroatoms. The van der Waals surface area contributed by atoms with Gasteiger partial charge < -0.3 is 4.42 Å². The molecule has 11 heavy (non-hydrogen) atoms. The topological polar surface area (TPSA) is 13.1 Å². The van der Waals surface area contributed by atoms with E-state index in [1.165, 1.54) is 0 Å². The van der Waals surface area contributed by atoms with Crippen molar-refractivity contribution in [1.82, 2.24) is 0 Å². The predicted molar refractivity (Wildman–Crippen MR) is 48.9 cm³/mol. The summed E-state index contributed by atoms with van der Waals surface area (Å²) in [4.78, 5) is 0. The fraction of sp³-hybridized carbons (Fsp3) is 0. The minimum atomic E-state index is 0.646. The smallest absolute Gasteiger partial charge is 0.170 e. The van der Waals surface area contributed by atoms with Crippen LogP contribution in [0.2, 0.25) is 5.02 Å². The molecule has 0 atom stereocenters. The highest BCUT2D eigenvalue weighted by atomic mass is 79.9. The number of benzene rings is 1. The van der Waals surface area contributed by atoms with Crippen molar-refractivity contribution >= 4 is 38.5 Å². The van der Waals surface area contributed by atoms with Gasteiger partial charge >= 0.3 is 0 Å². The summed E-state index contributed by atoms with van der Waals surface area (Å²) < 4.78 is 5.99. The van der Waals surface area contributed by atoms with Crippen molar-refractivity contribution in [3.05, 3.63) is 34.0 Å². The summed E-state index contributed by atoms with van der Waals surface area (Å²) in [5.41, 5.74) is 0.737. The molecule has 1 nitrogen and oxygen atoms in total. The number of hydrogen-bond acceptors (Lipinski definition) is 1. The predicted octanol–water partition coefficient (Wildman–Crippen LogP) is 3.85. The maximum Gasteiger partial charge on any atom is 0.170 e. The van der Waals surface area contributed by atoms with Gasteiger partial charge in [-0.25, -0.2) is 0 Å². The van der Waals surface area contributed by atoms with Crippen molar-refractivity contribution in [2.24, 2.45) is 0 Å². The van der Waals surface area contributed by atoms with Gasteiger partial charge in [-0.05, 0) is 28.1 Å². The molecular weight excluding hydrogens is 227 g/mol. The zero-order valence-electron chi connectivity index (χ0n) is 5.47. The minimum absolute atomic E-state index is 0.646. The maximum atomic E-state index is 5.86. The van der Waals surface area contributed by atoms with Crippen molar-refractivity contribution in [3.8, 4) is 0 Å². The van der Waals surface area contributed by atoms with Crippen molar-refractivity contribution in [2.75, 3.05) is 0 Å². The number of furan rings is 1. The molecule has 56 valence electrons. The van der Waals surface area contributed by atoms with Crippen LogP contribution in [0, 0.1) is 0 Å². The Morgan fingerprint density at radius 2 is 2.18 bits per heavy atom. The van der Waals surface area contributed by atoms with Gasteiger partial charge in [0.25, 0.3) is 0 Å². The third kappa shape index (κ3) is 1.17. The Morgan fingerprint density at radius 3 is 2.91 bits per heavy atom. The van der Waals surface area contributed by atoms with Gasteiger partial charge in [0, 0.05) is 5.39 Å². The molecule has 0 unspecified atom stereocenters. The van der Waals surface area contributed by atoms with E-state index in [1.54, 1.807) is 6.07 Å². The first kappa shape index (κ1) is 7.19. The van der Waals surface area contributed by atoms with Crippen LogP contribution in [0.4, 0.5) is 0 Å². The molecule has 0 radical (unpaired) electrons. The molecule has 0 aliphatic heterocycles. The van der Waals surface area contributed by atoms with Crippen LogP contribution in [-0.2, 0) is 0 Å². The standard InChI is InChI=1S/C8H4BrClO/c9-7-4-5-2-1-3-6(10)8(5)11-7/h1-4H. The zero-order chi connectivity index (χ0) is 7.84.